The van der Waals surface area contributed by atoms with Gasteiger partial charge in [0.2, 0.25) is 0 Å². The normalized spacial score (nSPS) is 11.0. The van der Waals surface area contributed by atoms with Crippen LogP contribution in [-0.2, 0) is 12.7 Å². The van der Waals surface area contributed by atoms with Crippen molar-refractivity contribution in [2.45, 2.75) is 109 Å². The Morgan fingerprint density at radius 3 is 1.10 bits per heavy atom. The lowest BCUT2D eigenvalue weighted by atomic mass is 10.0. The van der Waals surface area contributed by atoms with Crippen molar-refractivity contribution in [3.05, 3.63) is 233 Å². The molecule has 0 fully saturated rings. The van der Waals surface area contributed by atoms with Crippen molar-refractivity contribution in [3.63, 3.8) is 0 Å². The maximum absolute atomic E-state index is 13.1. The Labute approximate surface area is 652 Å². The first-order valence-corrected chi connectivity index (χ1v) is 37.5. The van der Waals surface area contributed by atoms with E-state index in [9.17, 15) is 32.3 Å². The molecule has 0 aliphatic heterocycles. The van der Waals surface area contributed by atoms with Gasteiger partial charge in [-0.2, -0.15) is 13.2 Å². The Bertz CT molecular complexity index is 4210. The zero-order valence-corrected chi connectivity index (χ0v) is 67.7. The van der Waals surface area contributed by atoms with Crippen LogP contribution in [0.15, 0.2) is 146 Å². The van der Waals surface area contributed by atoms with Crippen molar-refractivity contribution < 1.29 is 56.0 Å². The van der Waals surface area contributed by atoms with Gasteiger partial charge in [-0.1, -0.05) is 117 Å². The number of carbonyl (C=O) groups is 4. The predicted molar refractivity (Wildman–Crippen MR) is 435 cm³/mol. The van der Waals surface area contributed by atoms with Crippen LogP contribution < -0.4 is 45.0 Å². The lowest BCUT2D eigenvalue weighted by molar-refractivity contribution is -0.138. The van der Waals surface area contributed by atoms with Gasteiger partial charge in [0.05, 0.1) is 42.1 Å². The number of alkyl halides is 3. The zero-order valence-electron chi connectivity index (χ0n) is 65.4. The standard InChI is InChI=1S/C22H29ClN2O2.C22H27F3N2O3.C21H27ClN2O2.C20H25ClN2O2/c1-5-25(6-2)13-8-14-27-20-10-7-9-16(3)21(20)22(26)24-18-11-12-19(23)17(4)15-18;1-5-29-18-7-6-8-19(30-12-11-27(3)4)20(18)21(28)26-14-16-10-9-15(2)17(13-16)22(23,24)25;1-5-24(6-2)12-13-26-19-9-7-8-15(3)20(19)21(25)23-17-10-11-18(22)16(4)14-17;1-14-7-5-8-18(25-12-6-11-23(3)4)19(14)20(24)22-16-9-10-17(21)15(2)13-16/h7,9-12,15H,5-6,8,13-14H2,1-4H3,(H,24,26);6-10,13H,5,11-12,14H2,1-4H3,(H,26,28);7-11,14H,5-6,12-13H2,1-4H3,(H,23,25);5,7-10,13H,6,11-12H2,1-4H3,(H,22,24). The van der Waals surface area contributed by atoms with E-state index in [0.29, 0.717) is 117 Å². The number of anilines is 3. The highest BCUT2D eigenvalue weighted by Crippen LogP contribution is 2.34. The van der Waals surface area contributed by atoms with Crippen LogP contribution in [0.2, 0.25) is 15.1 Å². The number of hydrogen-bond acceptors (Lipinski definition) is 13. The fourth-order valence-corrected chi connectivity index (χ4v) is 11.5. The topological polar surface area (TPSA) is 176 Å². The molecular formula is C85H108Cl3F3N8O9. The number of aryl methyl sites for hydroxylation is 7. The Balaban J connectivity index is 0.000000259. The number of hydrogen-bond donors (Lipinski definition) is 4. The van der Waals surface area contributed by atoms with Crippen LogP contribution in [0.25, 0.3) is 0 Å². The zero-order chi connectivity index (χ0) is 79.6. The third-order valence-electron chi connectivity index (χ3n) is 17.3. The molecule has 23 heteroatoms. The molecule has 0 saturated carbocycles. The maximum Gasteiger partial charge on any atom is 0.416 e. The number of ether oxygens (including phenoxy) is 5. The Hall–Kier alpha value is -8.86. The molecule has 8 aromatic carbocycles. The van der Waals surface area contributed by atoms with Crippen molar-refractivity contribution in [1.82, 2.24) is 24.9 Å². The van der Waals surface area contributed by atoms with Crippen LogP contribution >= 0.6 is 34.8 Å². The fraction of sp³-hybridized carbons (Fsp3) is 0.388. The summed E-state index contributed by atoms with van der Waals surface area (Å²) in [4.78, 5) is 60.0. The molecule has 4 amide bonds. The maximum atomic E-state index is 13.1. The molecule has 0 aliphatic carbocycles. The number of rotatable bonds is 33. The molecule has 0 bridgehead atoms. The minimum atomic E-state index is -4.45. The number of nitrogens with zero attached hydrogens (tertiary/aromatic N) is 4. The summed E-state index contributed by atoms with van der Waals surface area (Å²) in [5.74, 6) is 1.56. The lowest BCUT2D eigenvalue weighted by Crippen LogP contribution is -2.28. The number of likely N-dealkylation sites (N-methyl/N-ethyl adjacent to an activating group) is 2. The summed E-state index contributed by atoms with van der Waals surface area (Å²) in [7, 11) is 7.87. The smallest absolute Gasteiger partial charge is 0.416 e. The van der Waals surface area contributed by atoms with Gasteiger partial charge < -0.3 is 64.6 Å². The van der Waals surface area contributed by atoms with Gasteiger partial charge in [0.15, 0.2) is 0 Å². The van der Waals surface area contributed by atoms with Crippen molar-refractivity contribution >= 4 is 75.5 Å². The van der Waals surface area contributed by atoms with E-state index >= 15 is 0 Å². The SMILES string of the molecule is CCN(CC)CCCOc1cccc(C)c1C(=O)Nc1ccc(Cl)c(C)c1.CCN(CC)CCOc1cccc(C)c1C(=O)Nc1ccc(Cl)c(C)c1.CCOc1cccc(OCCN(C)C)c1C(=O)NCc1ccc(C)c(C(F)(F)F)c1.Cc1cc(NC(=O)c2c(C)cccc2OCCCN(C)C)ccc1Cl. The molecule has 17 nitrogen and oxygen atoms in total. The monoisotopic (exact) mass is 1550 g/mol. The summed E-state index contributed by atoms with van der Waals surface area (Å²) in [5, 5.41) is 13.5. The van der Waals surface area contributed by atoms with Gasteiger partial charge in [-0.25, -0.2) is 0 Å². The minimum Gasteiger partial charge on any atom is -0.493 e. The quantitative estimate of drug-likeness (QED) is 0.0286. The molecule has 4 N–H and O–H groups in total. The summed E-state index contributed by atoms with van der Waals surface area (Å²) < 4.78 is 68.5. The van der Waals surface area contributed by atoms with Crippen LogP contribution in [0.5, 0.6) is 28.7 Å². The number of benzene rings is 8. The average Bonchev–Trinajstić information content (AvgIpc) is 0.830. The molecule has 8 aromatic rings. The van der Waals surface area contributed by atoms with Gasteiger partial charge in [0, 0.05) is 64.9 Å². The van der Waals surface area contributed by atoms with Gasteiger partial charge >= 0.3 is 6.18 Å². The molecule has 0 atom stereocenters. The highest BCUT2D eigenvalue weighted by atomic mass is 35.5. The third-order valence-corrected chi connectivity index (χ3v) is 18.6. The summed E-state index contributed by atoms with van der Waals surface area (Å²) in [5.41, 5.74) is 9.29. The molecule has 0 heterocycles. The largest absolute Gasteiger partial charge is 0.493 e. The van der Waals surface area contributed by atoms with Gasteiger partial charge in [-0.05, 0) is 258 Å². The number of nitrogens with one attached hydrogen (secondary N) is 4. The summed E-state index contributed by atoms with van der Waals surface area (Å²) in [6, 6.07) is 42.4. The second-order valence-electron chi connectivity index (χ2n) is 26.3. The van der Waals surface area contributed by atoms with Crippen LogP contribution in [0.4, 0.5) is 30.2 Å². The first-order chi connectivity index (χ1) is 51.4. The predicted octanol–water partition coefficient (Wildman–Crippen LogP) is 19.1. The van der Waals surface area contributed by atoms with Crippen molar-refractivity contribution in [3.8, 4) is 28.7 Å². The van der Waals surface area contributed by atoms with Gasteiger partial charge in [0.1, 0.15) is 47.5 Å². The third kappa shape index (κ3) is 29.3. The molecule has 0 radical (unpaired) electrons. The van der Waals surface area contributed by atoms with E-state index in [2.05, 4.69) is 63.7 Å². The first kappa shape index (κ1) is 89.8. The molecule has 108 heavy (non-hydrogen) atoms. The highest BCUT2D eigenvalue weighted by Gasteiger charge is 2.33. The van der Waals surface area contributed by atoms with Gasteiger partial charge in [-0.3, -0.25) is 19.2 Å². The van der Waals surface area contributed by atoms with E-state index in [1.165, 1.54) is 13.0 Å². The average molecular weight is 1550 g/mol. The van der Waals surface area contributed by atoms with E-state index in [1.54, 1.807) is 67.6 Å². The van der Waals surface area contributed by atoms with Gasteiger partial charge in [-0.15, -0.1) is 0 Å². The van der Waals surface area contributed by atoms with Crippen LogP contribution in [0.3, 0.4) is 0 Å². The van der Waals surface area contributed by atoms with Crippen molar-refractivity contribution in [2.24, 2.45) is 0 Å². The Morgan fingerprint density at radius 2 is 0.731 bits per heavy atom. The van der Waals surface area contributed by atoms with E-state index in [1.807, 2.05) is 147 Å². The summed E-state index contributed by atoms with van der Waals surface area (Å²) in [6.45, 7) is 33.1. The number of amides is 4. The first-order valence-electron chi connectivity index (χ1n) is 36.4. The Kier molecular flexibility index (Phi) is 38.1. The number of carbonyl (C=O) groups excluding carboxylic acids is 4. The molecular weight excluding hydrogens is 1440 g/mol. The lowest BCUT2D eigenvalue weighted by Gasteiger charge is -2.19. The van der Waals surface area contributed by atoms with E-state index < -0.39 is 17.6 Å². The second-order valence-corrected chi connectivity index (χ2v) is 27.5. The van der Waals surface area contributed by atoms with Crippen LogP contribution in [-0.4, -0.2) is 157 Å². The van der Waals surface area contributed by atoms with E-state index in [4.69, 9.17) is 58.5 Å². The van der Waals surface area contributed by atoms with Gasteiger partial charge in [0.25, 0.3) is 23.6 Å². The summed E-state index contributed by atoms with van der Waals surface area (Å²) >= 11 is 18.2. The van der Waals surface area contributed by atoms with Crippen LogP contribution in [0.1, 0.15) is 139 Å². The molecule has 0 unspecified atom stereocenters. The highest BCUT2D eigenvalue weighted by molar-refractivity contribution is 6.32. The second kappa shape index (κ2) is 45.8. The fourth-order valence-electron chi connectivity index (χ4n) is 11.1. The van der Waals surface area contributed by atoms with E-state index in [-0.39, 0.29) is 35.4 Å². The Morgan fingerprint density at radius 1 is 0.380 bits per heavy atom. The van der Waals surface area contributed by atoms with Crippen molar-refractivity contribution in [2.75, 3.05) is 130 Å². The van der Waals surface area contributed by atoms with Crippen LogP contribution in [0, 0.1) is 48.5 Å². The van der Waals surface area contributed by atoms with E-state index in [0.717, 1.165) is 104 Å². The minimum absolute atomic E-state index is 0.0558. The van der Waals surface area contributed by atoms with Crippen molar-refractivity contribution in [1.29, 1.82) is 0 Å². The molecule has 0 spiro atoms. The molecule has 0 aliphatic rings. The summed E-state index contributed by atoms with van der Waals surface area (Å²) in [6.07, 6.45) is -2.62. The molecule has 0 saturated heterocycles. The number of halogens is 6. The molecule has 584 valence electrons. The molecule has 8 rings (SSSR count). The molecule has 0 aromatic heterocycles.